The van der Waals surface area contributed by atoms with E-state index >= 15 is 0 Å². The number of methoxy groups -OCH3 is 1. The van der Waals surface area contributed by atoms with Crippen LogP contribution in [0.15, 0.2) is 18.2 Å². The van der Waals surface area contributed by atoms with Crippen LogP contribution in [-0.4, -0.2) is 25.1 Å². The zero-order valence-corrected chi connectivity index (χ0v) is 11.5. The Hall–Kier alpha value is -1.22. The second-order valence-electron chi connectivity index (χ2n) is 5.32. The Labute approximate surface area is 110 Å². The molecule has 0 aliphatic heterocycles. The molecule has 3 nitrogen and oxygen atoms in total. The van der Waals surface area contributed by atoms with Gasteiger partial charge in [0.1, 0.15) is 5.75 Å². The first kappa shape index (κ1) is 13.2. The third-order valence-electron chi connectivity index (χ3n) is 3.85. The van der Waals surface area contributed by atoms with Crippen molar-refractivity contribution in [3.05, 3.63) is 23.8 Å². The van der Waals surface area contributed by atoms with E-state index in [1.165, 1.54) is 37.7 Å². The SMILES string of the molecule is COc1cc(N)cc(CN(C)C2CCCCC2)c1. The number of nitrogens with zero attached hydrogens (tertiary/aromatic N) is 1. The van der Waals surface area contributed by atoms with Gasteiger partial charge in [-0.05, 0) is 37.6 Å². The van der Waals surface area contributed by atoms with Gasteiger partial charge in [-0.25, -0.2) is 0 Å². The average molecular weight is 248 g/mol. The van der Waals surface area contributed by atoms with Gasteiger partial charge in [0.05, 0.1) is 7.11 Å². The van der Waals surface area contributed by atoms with Crippen molar-refractivity contribution in [1.29, 1.82) is 0 Å². The largest absolute Gasteiger partial charge is 0.497 e. The van der Waals surface area contributed by atoms with Gasteiger partial charge in [0, 0.05) is 24.3 Å². The van der Waals surface area contributed by atoms with Crippen molar-refractivity contribution < 1.29 is 4.74 Å². The highest BCUT2D eigenvalue weighted by Gasteiger charge is 2.18. The summed E-state index contributed by atoms with van der Waals surface area (Å²) < 4.78 is 5.26. The lowest BCUT2D eigenvalue weighted by Gasteiger charge is -2.31. The summed E-state index contributed by atoms with van der Waals surface area (Å²) in [5, 5.41) is 0. The van der Waals surface area contributed by atoms with Gasteiger partial charge in [0.25, 0.3) is 0 Å². The molecule has 0 radical (unpaired) electrons. The molecule has 0 aromatic heterocycles. The van der Waals surface area contributed by atoms with Crippen molar-refractivity contribution in [3.8, 4) is 5.75 Å². The number of hydrogen-bond acceptors (Lipinski definition) is 3. The standard InChI is InChI=1S/C15H24N2O/c1-17(14-6-4-3-5-7-14)11-12-8-13(16)10-15(9-12)18-2/h8-10,14H,3-7,11,16H2,1-2H3. The van der Waals surface area contributed by atoms with Crippen LogP contribution in [0.2, 0.25) is 0 Å². The van der Waals surface area contributed by atoms with Gasteiger partial charge in [-0.3, -0.25) is 4.90 Å². The van der Waals surface area contributed by atoms with Gasteiger partial charge in [-0.2, -0.15) is 0 Å². The molecule has 0 saturated heterocycles. The molecule has 1 aliphatic rings. The van der Waals surface area contributed by atoms with E-state index in [0.717, 1.165) is 24.0 Å². The van der Waals surface area contributed by atoms with Crippen molar-refractivity contribution in [3.63, 3.8) is 0 Å². The highest BCUT2D eigenvalue weighted by Crippen LogP contribution is 2.24. The maximum absolute atomic E-state index is 5.89. The minimum Gasteiger partial charge on any atom is -0.497 e. The summed E-state index contributed by atoms with van der Waals surface area (Å²) in [6.07, 6.45) is 6.80. The number of anilines is 1. The van der Waals surface area contributed by atoms with E-state index in [0.29, 0.717) is 0 Å². The lowest BCUT2D eigenvalue weighted by atomic mass is 9.94. The Balaban J connectivity index is 2.01. The summed E-state index contributed by atoms with van der Waals surface area (Å²) in [6, 6.07) is 6.72. The molecule has 100 valence electrons. The number of ether oxygens (including phenoxy) is 1. The minimum atomic E-state index is 0.728. The molecule has 0 amide bonds. The zero-order valence-electron chi connectivity index (χ0n) is 11.5. The normalized spacial score (nSPS) is 17.1. The summed E-state index contributed by atoms with van der Waals surface area (Å²) in [7, 11) is 3.90. The van der Waals surface area contributed by atoms with Crippen LogP contribution in [0.5, 0.6) is 5.75 Å². The maximum atomic E-state index is 5.89. The van der Waals surface area contributed by atoms with Gasteiger partial charge < -0.3 is 10.5 Å². The van der Waals surface area contributed by atoms with Crippen LogP contribution in [0.3, 0.4) is 0 Å². The fraction of sp³-hybridized carbons (Fsp3) is 0.600. The maximum Gasteiger partial charge on any atom is 0.121 e. The molecule has 1 saturated carbocycles. The Bertz CT molecular complexity index is 386. The quantitative estimate of drug-likeness (QED) is 0.832. The summed E-state index contributed by atoms with van der Waals surface area (Å²) in [6.45, 7) is 0.950. The van der Waals surface area contributed by atoms with E-state index in [4.69, 9.17) is 10.5 Å². The van der Waals surface area contributed by atoms with E-state index in [-0.39, 0.29) is 0 Å². The molecule has 3 heteroatoms. The van der Waals surface area contributed by atoms with Crippen LogP contribution in [-0.2, 0) is 6.54 Å². The fourth-order valence-electron chi connectivity index (χ4n) is 2.83. The Morgan fingerprint density at radius 3 is 2.61 bits per heavy atom. The molecule has 1 aromatic carbocycles. The van der Waals surface area contributed by atoms with Gasteiger partial charge in [0.15, 0.2) is 0 Å². The summed E-state index contributed by atoms with van der Waals surface area (Å²) in [4.78, 5) is 2.45. The second kappa shape index (κ2) is 6.10. The van der Waals surface area contributed by atoms with Crippen LogP contribution in [0.1, 0.15) is 37.7 Å². The van der Waals surface area contributed by atoms with E-state index in [1.54, 1.807) is 7.11 Å². The monoisotopic (exact) mass is 248 g/mol. The summed E-state index contributed by atoms with van der Waals surface area (Å²) >= 11 is 0. The first-order valence-corrected chi connectivity index (χ1v) is 6.82. The predicted molar refractivity (Wildman–Crippen MR) is 75.7 cm³/mol. The van der Waals surface area contributed by atoms with Gasteiger partial charge in [0.2, 0.25) is 0 Å². The topological polar surface area (TPSA) is 38.5 Å². The molecule has 1 aromatic rings. The molecule has 1 aliphatic carbocycles. The Kier molecular flexibility index (Phi) is 4.48. The fourth-order valence-corrected chi connectivity index (χ4v) is 2.83. The number of nitrogens with two attached hydrogens (primary N) is 1. The van der Waals surface area contributed by atoms with Crippen molar-refractivity contribution in [2.75, 3.05) is 19.9 Å². The van der Waals surface area contributed by atoms with E-state index < -0.39 is 0 Å². The lowest BCUT2D eigenvalue weighted by molar-refractivity contribution is 0.184. The highest BCUT2D eigenvalue weighted by molar-refractivity contribution is 5.47. The molecule has 0 atom stereocenters. The van der Waals surface area contributed by atoms with E-state index in [9.17, 15) is 0 Å². The van der Waals surface area contributed by atoms with Crippen LogP contribution in [0, 0.1) is 0 Å². The molecule has 0 heterocycles. The van der Waals surface area contributed by atoms with Crippen molar-refractivity contribution in [2.24, 2.45) is 0 Å². The van der Waals surface area contributed by atoms with Crippen molar-refractivity contribution in [2.45, 2.75) is 44.7 Å². The smallest absolute Gasteiger partial charge is 0.121 e. The number of rotatable bonds is 4. The molecule has 1 fully saturated rings. The summed E-state index contributed by atoms with van der Waals surface area (Å²) in [5.74, 6) is 0.849. The molecule has 18 heavy (non-hydrogen) atoms. The highest BCUT2D eigenvalue weighted by atomic mass is 16.5. The summed E-state index contributed by atoms with van der Waals surface area (Å²) in [5.41, 5.74) is 7.91. The third-order valence-corrected chi connectivity index (χ3v) is 3.85. The lowest BCUT2D eigenvalue weighted by Crippen LogP contribution is -2.32. The Morgan fingerprint density at radius 1 is 1.22 bits per heavy atom. The number of benzene rings is 1. The molecule has 0 spiro atoms. The molecule has 2 rings (SSSR count). The second-order valence-corrected chi connectivity index (χ2v) is 5.32. The van der Waals surface area contributed by atoms with Crippen LogP contribution >= 0.6 is 0 Å². The first-order valence-electron chi connectivity index (χ1n) is 6.82. The molecule has 0 unspecified atom stereocenters. The first-order chi connectivity index (χ1) is 8.69. The van der Waals surface area contributed by atoms with E-state index in [2.05, 4.69) is 18.0 Å². The van der Waals surface area contributed by atoms with Crippen molar-refractivity contribution in [1.82, 2.24) is 4.90 Å². The number of nitrogen functional groups attached to an aromatic ring is 1. The molecular formula is C15H24N2O. The predicted octanol–water partition coefficient (Wildman–Crippen LogP) is 3.04. The average Bonchev–Trinajstić information content (AvgIpc) is 2.39. The van der Waals surface area contributed by atoms with Gasteiger partial charge in [-0.15, -0.1) is 0 Å². The van der Waals surface area contributed by atoms with Crippen molar-refractivity contribution >= 4 is 5.69 Å². The van der Waals surface area contributed by atoms with Crippen LogP contribution < -0.4 is 10.5 Å². The Morgan fingerprint density at radius 2 is 1.94 bits per heavy atom. The molecular weight excluding hydrogens is 224 g/mol. The third kappa shape index (κ3) is 3.39. The van der Waals surface area contributed by atoms with E-state index in [1.807, 2.05) is 12.1 Å². The van der Waals surface area contributed by atoms with Crippen LogP contribution in [0.25, 0.3) is 0 Å². The molecule has 0 bridgehead atoms. The van der Waals surface area contributed by atoms with Crippen LogP contribution in [0.4, 0.5) is 5.69 Å². The molecule has 2 N–H and O–H groups in total. The number of hydrogen-bond donors (Lipinski definition) is 1. The van der Waals surface area contributed by atoms with Gasteiger partial charge in [-0.1, -0.05) is 19.3 Å². The van der Waals surface area contributed by atoms with Gasteiger partial charge >= 0.3 is 0 Å². The minimum absolute atomic E-state index is 0.728. The zero-order chi connectivity index (χ0) is 13.0.